The summed E-state index contributed by atoms with van der Waals surface area (Å²) in [5, 5.41) is 10.4. The summed E-state index contributed by atoms with van der Waals surface area (Å²) in [6, 6.07) is 27.6. The van der Waals surface area contributed by atoms with Crippen molar-refractivity contribution in [2.45, 2.75) is 37.4 Å². The number of hydrogen-bond donors (Lipinski definition) is 2. The van der Waals surface area contributed by atoms with E-state index < -0.39 is 22.2 Å². The SMILES string of the molecule is C[C@H]1CN([C@@H](C)CO)C(=O)c2cccc(NS(=O)(=O)c3ccc(Cl)cc3)c2O[C@@H]1CN(C)Cc1ccc(Oc2ccccc2)cc1. The lowest BCUT2D eigenvalue weighted by molar-refractivity contribution is 0.0344. The number of nitrogens with one attached hydrogen (secondary N) is 1. The van der Waals surface area contributed by atoms with E-state index in [9.17, 15) is 18.3 Å². The van der Waals surface area contributed by atoms with Gasteiger partial charge < -0.3 is 19.5 Å². The van der Waals surface area contributed by atoms with Gasteiger partial charge in [0, 0.05) is 30.6 Å². The molecule has 4 aromatic rings. The summed E-state index contributed by atoms with van der Waals surface area (Å²) in [6.45, 7) is 5.01. The van der Waals surface area contributed by atoms with Crippen LogP contribution in [0.1, 0.15) is 29.8 Å². The minimum absolute atomic E-state index is 0.0204. The second-order valence-electron chi connectivity index (χ2n) is 11.6. The number of anilines is 1. The van der Waals surface area contributed by atoms with E-state index in [4.69, 9.17) is 21.1 Å². The zero-order chi connectivity index (χ0) is 32.8. The monoisotopic (exact) mass is 663 g/mol. The summed E-state index contributed by atoms with van der Waals surface area (Å²) < 4.78 is 41.8. The first-order chi connectivity index (χ1) is 22.0. The van der Waals surface area contributed by atoms with Gasteiger partial charge in [0.25, 0.3) is 15.9 Å². The number of sulfonamides is 1. The van der Waals surface area contributed by atoms with Crippen LogP contribution in [0.25, 0.3) is 0 Å². The smallest absolute Gasteiger partial charge is 0.262 e. The number of carbonyl (C=O) groups is 1. The molecule has 0 saturated carbocycles. The Morgan fingerprint density at radius 3 is 2.35 bits per heavy atom. The molecule has 46 heavy (non-hydrogen) atoms. The average Bonchev–Trinajstić information content (AvgIpc) is 3.04. The topological polar surface area (TPSA) is 108 Å². The maximum atomic E-state index is 13.8. The number of carbonyl (C=O) groups excluding carboxylic acids is 1. The van der Waals surface area contributed by atoms with Crippen LogP contribution < -0.4 is 14.2 Å². The Balaban J connectivity index is 1.39. The zero-order valence-corrected chi connectivity index (χ0v) is 27.5. The van der Waals surface area contributed by atoms with Gasteiger partial charge in [0.1, 0.15) is 17.6 Å². The lowest BCUT2D eigenvalue weighted by Gasteiger charge is -2.38. The van der Waals surface area contributed by atoms with E-state index in [1.165, 1.54) is 24.3 Å². The van der Waals surface area contributed by atoms with Crippen molar-refractivity contribution >= 4 is 33.2 Å². The molecule has 242 valence electrons. The van der Waals surface area contributed by atoms with Gasteiger partial charge in [-0.25, -0.2) is 8.42 Å². The molecule has 0 bridgehead atoms. The van der Waals surface area contributed by atoms with Crippen LogP contribution in [-0.4, -0.2) is 68.1 Å². The number of aliphatic hydroxyl groups is 1. The Morgan fingerprint density at radius 2 is 1.67 bits per heavy atom. The number of amides is 1. The molecule has 0 saturated heterocycles. The predicted octanol–water partition coefficient (Wildman–Crippen LogP) is 6.29. The summed E-state index contributed by atoms with van der Waals surface area (Å²) >= 11 is 5.97. The molecule has 3 atom stereocenters. The van der Waals surface area contributed by atoms with Gasteiger partial charge in [0.05, 0.1) is 28.8 Å². The number of benzene rings is 4. The minimum atomic E-state index is -4.03. The molecule has 1 heterocycles. The standard InChI is InChI=1S/C35H38ClN3O6S/c1-24-20-39(25(2)23-40)35(41)31-10-7-11-32(37-46(42,43)30-18-14-27(36)15-19-30)34(31)45-33(24)22-38(3)21-26-12-16-29(17-13-26)44-28-8-5-4-6-9-28/h4-19,24-25,33,37,40H,20-23H2,1-3H3/t24-,25-,33+/m0/s1. The fraction of sp³-hybridized carbons (Fsp3) is 0.286. The first-order valence-electron chi connectivity index (χ1n) is 15.0. The van der Waals surface area contributed by atoms with Gasteiger partial charge in [-0.2, -0.15) is 0 Å². The number of ether oxygens (including phenoxy) is 2. The Kier molecular flexibility index (Phi) is 10.5. The lowest BCUT2D eigenvalue weighted by atomic mass is 9.99. The molecule has 1 aliphatic heterocycles. The normalized spacial score (nSPS) is 17.4. The molecular formula is C35H38ClN3O6S. The highest BCUT2D eigenvalue weighted by atomic mass is 35.5. The second kappa shape index (κ2) is 14.6. The third-order valence-electron chi connectivity index (χ3n) is 7.91. The van der Waals surface area contributed by atoms with Crippen molar-refractivity contribution in [3.8, 4) is 17.2 Å². The van der Waals surface area contributed by atoms with Gasteiger partial charge in [0.15, 0.2) is 5.75 Å². The molecule has 1 aliphatic rings. The van der Waals surface area contributed by atoms with Crippen LogP contribution in [0, 0.1) is 5.92 Å². The Morgan fingerprint density at radius 1 is 1.00 bits per heavy atom. The molecule has 9 nitrogen and oxygen atoms in total. The summed E-state index contributed by atoms with van der Waals surface area (Å²) in [4.78, 5) is 17.6. The van der Waals surface area contributed by atoms with Crippen LogP contribution in [0.5, 0.6) is 17.2 Å². The van der Waals surface area contributed by atoms with E-state index in [0.29, 0.717) is 24.7 Å². The van der Waals surface area contributed by atoms with Gasteiger partial charge in [-0.1, -0.05) is 54.9 Å². The zero-order valence-electron chi connectivity index (χ0n) is 26.0. The highest BCUT2D eigenvalue weighted by Crippen LogP contribution is 2.36. The molecule has 5 rings (SSSR count). The Hall–Kier alpha value is -4.09. The number of rotatable bonds is 11. The minimum Gasteiger partial charge on any atom is -0.486 e. The number of hydrogen-bond acceptors (Lipinski definition) is 7. The fourth-order valence-electron chi connectivity index (χ4n) is 5.33. The summed E-state index contributed by atoms with van der Waals surface area (Å²) in [6.07, 6.45) is -0.424. The number of para-hydroxylation sites is 2. The maximum Gasteiger partial charge on any atom is 0.262 e. The molecule has 1 amide bonds. The van der Waals surface area contributed by atoms with Gasteiger partial charge >= 0.3 is 0 Å². The molecule has 4 aromatic carbocycles. The molecule has 2 N–H and O–H groups in total. The third kappa shape index (κ3) is 8.00. The number of likely N-dealkylation sites (N-methyl/N-ethyl adjacent to an activating group) is 1. The van der Waals surface area contributed by atoms with E-state index in [1.807, 2.05) is 68.6 Å². The lowest BCUT2D eigenvalue weighted by Crippen LogP contribution is -2.49. The molecule has 0 unspecified atom stereocenters. The van der Waals surface area contributed by atoms with Gasteiger partial charge in [-0.05, 0) is 80.2 Å². The number of fused-ring (bicyclic) bond motifs is 1. The second-order valence-corrected chi connectivity index (χ2v) is 13.7. The van der Waals surface area contributed by atoms with Crippen LogP contribution >= 0.6 is 11.6 Å². The van der Waals surface area contributed by atoms with Gasteiger partial charge in [-0.15, -0.1) is 0 Å². The summed E-state index contributed by atoms with van der Waals surface area (Å²) in [5.74, 6) is 1.15. The molecule has 0 spiro atoms. The van der Waals surface area contributed by atoms with E-state index in [-0.39, 0.29) is 40.3 Å². The third-order valence-corrected chi connectivity index (χ3v) is 9.54. The van der Waals surface area contributed by atoms with Crippen molar-refractivity contribution in [3.63, 3.8) is 0 Å². The molecular weight excluding hydrogens is 626 g/mol. The number of halogens is 1. The van der Waals surface area contributed by atoms with E-state index in [0.717, 1.165) is 17.1 Å². The fourth-order valence-corrected chi connectivity index (χ4v) is 6.52. The average molecular weight is 664 g/mol. The van der Waals surface area contributed by atoms with Gasteiger partial charge in [-0.3, -0.25) is 14.4 Å². The van der Waals surface area contributed by atoms with Crippen LogP contribution in [0.4, 0.5) is 5.69 Å². The van der Waals surface area contributed by atoms with Crippen molar-refractivity contribution in [2.24, 2.45) is 5.92 Å². The molecule has 0 aromatic heterocycles. The first-order valence-corrected chi connectivity index (χ1v) is 16.9. The molecule has 0 fully saturated rings. The Bertz CT molecular complexity index is 1740. The van der Waals surface area contributed by atoms with Gasteiger partial charge in [0.2, 0.25) is 0 Å². The van der Waals surface area contributed by atoms with Crippen molar-refractivity contribution in [2.75, 3.05) is 31.5 Å². The van der Waals surface area contributed by atoms with Crippen LogP contribution in [0.2, 0.25) is 5.02 Å². The van der Waals surface area contributed by atoms with Crippen molar-refractivity contribution < 1.29 is 27.8 Å². The Labute approximate surface area is 275 Å². The van der Waals surface area contributed by atoms with E-state index in [1.54, 1.807) is 30.0 Å². The van der Waals surface area contributed by atoms with Crippen LogP contribution in [0.3, 0.4) is 0 Å². The predicted molar refractivity (Wildman–Crippen MR) is 179 cm³/mol. The summed E-state index contributed by atoms with van der Waals surface area (Å²) in [5.41, 5.74) is 1.43. The number of nitrogens with zero attached hydrogens (tertiary/aromatic N) is 2. The van der Waals surface area contributed by atoms with Crippen molar-refractivity contribution in [1.82, 2.24) is 9.80 Å². The van der Waals surface area contributed by atoms with Crippen LogP contribution in [-0.2, 0) is 16.6 Å². The maximum absolute atomic E-state index is 13.8. The quantitative estimate of drug-likeness (QED) is 0.194. The largest absolute Gasteiger partial charge is 0.486 e. The van der Waals surface area contributed by atoms with Crippen molar-refractivity contribution in [3.05, 3.63) is 113 Å². The van der Waals surface area contributed by atoms with Crippen molar-refractivity contribution in [1.29, 1.82) is 0 Å². The van der Waals surface area contributed by atoms with Crippen LogP contribution in [0.15, 0.2) is 102 Å². The molecule has 11 heteroatoms. The van der Waals surface area contributed by atoms with E-state index >= 15 is 0 Å². The summed E-state index contributed by atoms with van der Waals surface area (Å²) in [7, 11) is -2.04. The number of aliphatic hydroxyl groups excluding tert-OH is 1. The highest BCUT2D eigenvalue weighted by molar-refractivity contribution is 7.92. The van der Waals surface area contributed by atoms with E-state index in [2.05, 4.69) is 9.62 Å². The molecule has 0 radical (unpaired) electrons. The highest BCUT2D eigenvalue weighted by Gasteiger charge is 2.35. The first kappa shape index (κ1) is 33.3. The molecule has 0 aliphatic carbocycles.